The average Bonchev–Trinajstić information content (AvgIpc) is 2.78. The lowest BCUT2D eigenvalue weighted by molar-refractivity contribution is -0.384. The number of amides is 1. The Morgan fingerprint density at radius 1 is 1.16 bits per heavy atom. The number of aromatic hydroxyl groups is 1. The van der Waals surface area contributed by atoms with Crippen molar-refractivity contribution in [3.05, 3.63) is 93.5 Å². The molecule has 3 aromatic carbocycles. The monoisotopic (exact) mass is 421 g/mol. The summed E-state index contributed by atoms with van der Waals surface area (Å²) in [6.07, 6.45) is 1.42. The Balaban J connectivity index is 1.64. The summed E-state index contributed by atoms with van der Waals surface area (Å²) in [4.78, 5) is 22.5. The third-order valence-corrected chi connectivity index (χ3v) is 4.28. The molecule has 3 rings (SSSR count). The number of nitro groups is 1. The molecule has 0 aromatic heterocycles. The molecule has 0 saturated carbocycles. The summed E-state index contributed by atoms with van der Waals surface area (Å²) in [6.45, 7) is 0.203. The van der Waals surface area contributed by atoms with Crippen LogP contribution in [-0.4, -0.2) is 29.3 Å². The molecule has 0 aliphatic rings. The summed E-state index contributed by atoms with van der Waals surface area (Å²) < 4.78 is 10.8. The predicted molar refractivity (Wildman–Crippen MR) is 114 cm³/mol. The Bertz CT molecular complexity index is 1110. The van der Waals surface area contributed by atoms with Crippen LogP contribution in [-0.2, 0) is 6.61 Å². The Labute approximate surface area is 177 Å². The number of rotatable bonds is 8. The molecule has 9 heteroatoms. The quantitative estimate of drug-likeness (QED) is 0.325. The van der Waals surface area contributed by atoms with Crippen LogP contribution < -0.4 is 14.9 Å². The van der Waals surface area contributed by atoms with Gasteiger partial charge >= 0.3 is 0 Å². The third kappa shape index (κ3) is 5.57. The molecule has 0 unspecified atom stereocenters. The SMILES string of the molecule is COc1ccc(C(=O)N/N=C\c2ccccc2OCc2ccc([N+](=O)[O-])cc2)c(O)c1. The van der Waals surface area contributed by atoms with Gasteiger partial charge in [-0.05, 0) is 42.0 Å². The number of carbonyl (C=O) groups excluding carboxylic acids is 1. The lowest BCUT2D eigenvalue weighted by Crippen LogP contribution is -2.17. The van der Waals surface area contributed by atoms with Crippen LogP contribution in [0.3, 0.4) is 0 Å². The number of ether oxygens (including phenoxy) is 2. The number of carbonyl (C=O) groups is 1. The summed E-state index contributed by atoms with van der Waals surface area (Å²) in [5.74, 6) is 0.141. The molecule has 158 valence electrons. The summed E-state index contributed by atoms with van der Waals surface area (Å²) in [5, 5.41) is 24.6. The van der Waals surface area contributed by atoms with Crippen LogP contribution in [0.25, 0.3) is 0 Å². The molecule has 0 saturated heterocycles. The minimum absolute atomic E-state index is 0.00919. The number of phenolic OH excluding ortho intramolecular Hbond substituents is 1. The highest BCUT2D eigenvalue weighted by Gasteiger charge is 2.11. The lowest BCUT2D eigenvalue weighted by Gasteiger charge is -2.09. The fourth-order valence-electron chi connectivity index (χ4n) is 2.64. The van der Waals surface area contributed by atoms with E-state index in [4.69, 9.17) is 9.47 Å². The number of benzene rings is 3. The van der Waals surface area contributed by atoms with Crippen LogP contribution >= 0.6 is 0 Å². The molecule has 0 heterocycles. The second-order valence-corrected chi connectivity index (χ2v) is 6.33. The molecular formula is C22H19N3O6. The molecule has 3 aromatic rings. The Hall–Kier alpha value is -4.40. The molecule has 0 fully saturated rings. The molecular weight excluding hydrogens is 402 g/mol. The van der Waals surface area contributed by atoms with Gasteiger partial charge in [-0.25, -0.2) is 5.43 Å². The molecule has 0 spiro atoms. The molecule has 0 atom stereocenters. The van der Waals surface area contributed by atoms with E-state index in [2.05, 4.69) is 10.5 Å². The molecule has 31 heavy (non-hydrogen) atoms. The predicted octanol–water partition coefficient (Wildman–Crippen LogP) is 3.65. The van der Waals surface area contributed by atoms with Gasteiger partial charge in [0.25, 0.3) is 11.6 Å². The van der Waals surface area contributed by atoms with E-state index in [0.717, 1.165) is 5.56 Å². The minimum Gasteiger partial charge on any atom is -0.507 e. The summed E-state index contributed by atoms with van der Waals surface area (Å²) in [6, 6.07) is 17.5. The van der Waals surface area contributed by atoms with Crippen LogP contribution in [0, 0.1) is 10.1 Å². The first kappa shape index (κ1) is 21.3. The number of nitro benzene ring substituents is 1. The number of nitrogens with one attached hydrogen (secondary N) is 1. The average molecular weight is 421 g/mol. The van der Waals surface area contributed by atoms with Crippen molar-refractivity contribution in [1.82, 2.24) is 5.43 Å². The Morgan fingerprint density at radius 3 is 2.58 bits per heavy atom. The molecule has 1 amide bonds. The number of hydrogen-bond acceptors (Lipinski definition) is 7. The summed E-state index contributed by atoms with van der Waals surface area (Å²) in [7, 11) is 1.46. The van der Waals surface area contributed by atoms with Crippen molar-refractivity contribution in [2.24, 2.45) is 5.10 Å². The van der Waals surface area contributed by atoms with Crippen LogP contribution in [0.2, 0.25) is 0 Å². The van der Waals surface area contributed by atoms with Gasteiger partial charge in [0.15, 0.2) is 0 Å². The maximum Gasteiger partial charge on any atom is 0.275 e. The number of para-hydroxylation sites is 1. The van der Waals surface area contributed by atoms with Gasteiger partial charge in [0.1, 0.15) is 23.9 Å². The molecule has 0 bridgehead atoms. The maximum atomic E-state index is 12.2. The van der Waals surface area contributed by atoms with E-state index in [0.29, 0.717) is 17.1 Å². The molecule has 2 N–H and O–H groups in total. The van der Waals surface area contributed by atoms with E-state index >= 15 is 0 Å². The van der Waals surface area contributed by atoms with Gasteiger partial charge in [0, 0.05) is 23.8 Å². The fraction of sp³-hybridized carbons (Fsp3) is 0.0909. The number of methoxy groups -OCH3 is 1. The number of phenols is 1. The highest BCUT2D eigenvalue weighted by molar-refractivity contribution is 5.97. The standard InChI is InChI=1S/C22H19N3O6/c1-30-18-10-11-19(20(26)12-18)22(27)24-23-13-16-4-2-3-5-21(16)31-14-15-6-8-17(9-7-15)25(28)29/h2-13,26H,14H2,1H3,(H,24,27)/b23-13-. The molecule has 9 nitrogen and oxygen atoms in total. The second-order valence-electron chi connectivity index (χ2n) is 6.33. The highest BCUT2D eigenvalue weighted by atomic mass is 16.6. The maximum absolute atomic E-state index is 12.2. The summed E-state index contributed by atoms with van der Waals surface area (Å²) >= 11 is 0. The van der Waals surface area contributed by atoms with Crippen molar-refractivity contribution < 1.29 is 24.3 Å². The van der Waals surface area contributed by atoms with Gasteiger partial charge in [-0.1, -0.05) is 12.1 Å². The first-order valence-electron chi connectivity index (χ1n) is 9.13. The van der Waals surface area contributed by atoms with Crippen molar-refractivity contribution >= 4 is 17.8 Å². The van der Waals surface area contributed by atoms with Gasteiger partial charge in [0.05, 0.1) is 23.8 Å². The van der Waals surface area contributed by atoms with E-state index in [9.17, 15) is 20.0 Å². The number of hydrazone groups is 1. The van der Waals surface area contributed by atoms with Crippen molar-refractivity contribution in [2.45, 2.75) is 6.61 Å². The highest BCUT2D eigenvalue weighted by Crippen LogP contribution is 2.23. The van der Waals surface area contributed by atoms with Gasteiger partial charge in [0.2, 0.25) is 0 Å². The normalized spacial score (nSPS) is 10.6. The summed E-state index contributed by atoms with van der Waals surface area (Å²) in [5.41, 5.74) is 3.80. The van der Waals surface area contributed by atoms with Gasteiger partial charge < -0.3 is 14.6 Å². The lowest BCUT2D eigenvalue weighted by atomic mass is 10.2. The van der Waals surface area contributed by atoms with Gasteiger partial charge in [-0.3, -0.25) is 14.9 Å². The zero-order valence-electron chi connectivity index (χ0n) is 16.5. The van der Waals surface area contributed by atoms with Crippen LogP contribution in [0.1, 0.15) is 21.5 Å². The minimum atomic E-state index is -0.583. The third-order valence-electron chi connectivity index (χ3n) is 4.28. The fourth-order valence-corrected chi connectivity index (χ4v) is 2.64. The number of non-ortho nitro benzene ring substituents is 1. The molecule has 0 aliphatic heterocycles. The van der Waals surface area contributed by atoms with E-state index < -0.39 is 10.8 Å². The topological polar surface area (TPSA) is 123 Å². The molecule has 0 radical (unpaired) electrons. The first-order chi connectivity index (χ1) is 15.0. The smallest absolute Gasteiger partial charge is 0.275 e. The number of nitrogens with zero attached hydrogens (tertiary/aromatic N) is 2. The van der Waals surface area contributed by atoms with Crippen molar-refractivity contribution in [3.8, 4) is 17.2 Å². The van der Waals surface area contributed by atoms with Crippen LogP contribution in [0.15, 0.2) is 71.8 Å². The van der Waals surface area contributed by atoms with Crippen molar-refractivity contribution in [3.63, 3.8) is 0 Å². The largest absolute Gasteiger partial charge is 0.507 e. The van der Waals surface area contributed by atoms with Gasteiger partial charge in [-0.15, -0.1) is 0 Å². The van der Waals surface area contributed by atoms with Gasteiger partial charge in [-0.2, -0.15) is 5.10 Å². The Morgan fingerprint density at radius 2 is 1.90 bits per heavy atom. The van der Waals surface area contributed by atoms with Crippen LogP contribution in [0.5, 0.6) is 17.2 Å². The second kappa shape index (κ2) is 9.88. The van der Waals surface area contributed by atoms with E-state index in [1.165, 1.54) is 37.6 Å². The first-order valence-corrected chi connectivity index (χ1v) is 9.13. The zero-order valence-corrected chi connectivity index (χ0v) is 16.5. The van der Waals surface area contributed by atoms with Crippen molar-refractivity contribution in [2.75, 3.05) is 7.11 Å². The Kier molecular flexibility index (Phi) is 6.79. The van der Waals surface area contributed by atoms with Crippen LogP contribution in [0.4, 0.5) is 5.69 Å². The van der Waals surface area contributed by atoms with Crippen molar-refractivity contribution in [1.29, 1.82) is 0 Å². The molecule has 0 aliphatic carbocycles. The number of hydrogen-bond donors (Lipinski definition) is 2. The van der Waals surface area contributed by atoms with E-state index in [-0.39, 0.29) is 23.6 Å². The van der Waals surface area contributed by atoms with E-state index in [1.54, 1.807) is 42.5 Å². The van der Waals surface area contributed by atoms with E-state index in [1.807, 2.05) is 0 Å². The zero-order chi connectivity index (χ0) is 22.2.